The molecule has 2 amide bonds. The Morgan fingerprint density at radius 2 is 1.52 bits per heavy atom. The molecule has 0 N–H and O–H groups in total. The summed E-state index contributed by atoms with van der Waals surface area (Å²) < 4.78 is 5.33. The summed E-state index contributed by atoms with van der Waals surface area (Å²) in [7, 11) is 0. The number of carbonyl (C=O) groups excluding carboxylic acids is 2. The maximum absolute atomic E-state index is 12.7. The Hall–Kier alpha value is -1.14. The van der Waals surface area contributed by atoms with Crippen molar-refractivity contribution in [1.29, 1.82) is 0 Å². The van der Waals surface area contributed by atoms with E-state index in [2.05, 4.69) is 23.6 Å². The first-order valence-electron chi connectivity index (χ1n) is 9.96. The molecule has 3 fully saturated rings. The monoisotopic (exact) mass is 351 g/mol. The van der Waals surface area contributed by atoms with Crippen molar-refractivity contribution in [2.24, 2.45) is 5.92 Å². The topological polar surface area (TPSA) is 53.1 Å². The molecule has 0 bridgehead atoms. The van der Waals surface area contributed by atoms with E-state index in [9.17, 15) is 9.59 Å². The number of hydrogen-bond acceptors (Lipinski definition) is 4. The molecule has 0 aromatic heterocycles. The van der Waals surface area contributed by atoms with Gasteiger partial charge in [-0.2, -0.15) is 0 Å². The van der Waals surface area contributed by atoms with Crippen LogP contribution in [0.15, 0.2) is 0 Å². The highest BCUT2D eigenvalue weighted by atomic mass is 16.5. The molecule has 0 radical (unpaired) electrons. The van der Waals surface area contributed by atoms with Crippen LogP contribution in [0.25, 0.3) is 0 Å². The lowest BCUT2D eigenvalue weighted by atomic mass is 9.94. The van der Waals surface area contributed by atoms with Crippen LogP contribution in [0.3, 0.4) is 0 Å². The van der Waals surface area contributed by atoms with E-state index < -0.39 is 0 Å². The average molecular weight is 351 g/mol. The molecular formula is C19H33N3O3. The van der Waals surface area contributed by atoms with Crippen molar-refractivity contribution in [3.63, 3.8) is 0 Å². The number of hydrogen-bond donors (Lipinski definition) is 0. The number of morpholine rings is 1. The Bertz CT molecular complexity index is 461. The predicted molar refractivity (Wildman–Crippen MR) is 96.2 cm³/mol. The van der Waals surface area contributed by atoms with Gasteiger partial charge in [-0.05, 0) is 59.0 Å². The van der Waals surface area contributed by atoms with Gasteiger partial charge < -0.3 is 14.5 Å². The third-order valence-corrected chi connectivity index (χ3v) is 6.10. The molecule has 2 unspecified atom stereocenters. The Morgan fingerprint density at radius 3 is 2.12 bits per heavy atom. The highest BCUT2D eigenvalue weighted by molar-refractivity contribution is 5.80. The van der Waals surface area contributed by atoms with Crippen LogP contribution in [-0.4, -0.2) is 84.5 Å². The van der Waals surface area contributed by atoms with Crippen LogP contribution in [0.2, 0.25) is 0 Å². The third kappa shape index (κ3) is 4.53. The van der Waals surface area contributed by atoms with Gasteiger partial charge in [0.2, 0.25) is 11.8 Å². The standard InChI is InChI=1S/C19H33N3O3/c1-15-4-3-5-16(2)22(15)18(23)14-20-8-6-17(7-9-20)19(24)21-10-12-25-13-11-21/h15-17H,3-14H2,1-2H3. The summed E-state index contributed by atoms with van der Waals surface area (Å²) in [5.41, 5.74) is 0. The molecule has 3 aliphatic heterocycles. The van der Waals surface area contributed by atoms with Gasteiger partial charge in [0.25, 0.3) is 0 Å². The van der Waals surface area contributed by atoms with Crippen molar-refractivity contribution in [2.75, 3.05) is 45.9 Å². The van der Waals surface area contributed by atoms with Crippen LogP contribution in [0, 0.1) is 5.92 Å². The van der Waals surface area contributed by atoms with Crippen molar-refractivity contribution in [1.82, 2.24) is 14.7 Å². The molecule has 0 aromatic rings. The van der Waals surface area contributed by atoms with Crippen molar-refractivity contribution < 1.29 is 14.3 Å². The molecule has 0 spiro atoms. The van der Waals surface area contributed by atoms with Gasteiger partial charge in [-0.15, -0.1) is 0 Å². The van der Waals surface area contributed by atoms with Crippen LogP contribution >= 0.6 is 0 Å². The van der Waals surface area contributed by atoms with Crippen LogP contribution in [-0.2, 0) is 14.3 Å². The first kappa shape index (κ1) is 18.6. The van der Waals surface area contributed by atoms with E-state index in [1.807, 2.05) is 4.90 Å². The summed E-state index contributed by atoms with van der Waals surface area (Å²) in [5, 5.41) is 0. The number of ether oxygens (including phenoxy) is 1. The Labute approximate surface area is 151 Å². The zero-order valence-electron chi connectivity index (χ0n) is 15.8. The lowest BCUT2D eigenvalue weighted by molar-refractivity contribution is -0.142. The molecule has 0 aliphatic carbocycles. The largest absolute Gasteiger partial charge is 0.378 e. The molecule has 3 aliphatic rings. The van der Waals surface area contributed by atoms with Crippen molar-refractivity contribution in [3.8, 4) is 0 Å². The predicted octanol–water partition coefficient (Wildman–Crippen LogP) is 1.35. The summed E-state index contributed by atoms with van der Waals surface area (Å²) in [5.74, 6) is 0.669. The molecule has 142 valence electrons. The Balaban J connectivity index is 1.45. The fourth-order valence-electron chi connectivity index (χ4n) is 4.57. The van der Waals surface area contributed by atoms with Gasteiger partial charge in [-0.25, -0.2) is 0 Å². The van der Waals surface area contributed by atoms with Gasteiger partial charge in [-0.3, -0.25) is 14.5 Å². The lowest BCUT2D eigenvalue weighted by Gasteiger charge is -2.41. The van der Waals surface area contributed by atoms with E-state index in [0.29, 0.717) is 31.8 Å². The zero-order valence-corrected chi connectivity index (χ0v) is 15.8. The highest BCUT2D eigenvalue weighted by Crippen LogP contribution is 2.24. The first-order chi connectivity index (χ1) is 12.1. The maximum Gasteiger partial charge on any atom is 0.237 e. The van der Waals surface area contributed by atoms with Crippen molar-refractivity contribution in [2.45, 2.75) is 58.0 Å². The Morgan fingerprint density at radius 1 is 0.920 bits per heavy atom. The molecule has 2 atom stereocenters. The highest BCUT2D eigenvalue weighted by Gasteiger charge is 2.33. The minimum Gasteiger partial charge on any atom is -0.378 e. The first-order valence-corrected chi connectivity index (χ1v) is 9.96. The quantitative estimate of drug-likeness (QED) is 0.770. The fraction of sp³-hybridized carbons (Fsp3) is 0.895. The number of rotatable bonds is 3. The zero-order chi connectivity index (χ0) is 17.8. The molecule has 6 heteroatoms. The summed E-state index contributed by atoms with van der Waals surface area (Å²) >= 11 is 0. The van der Waals surface area contributed by atoms with Crippen LogP contribution in [0.1, 0.15) is 46.0 Å². The number of carbonyl (C=O) groups is 2. The van der Waals surface area contributed by atoms with Gasteiger partial charge >= 0.3 is 0 Å². The Kier molecular flexibility index (Phi) is 6.34. The van der Waals surface area contributed by atoms with Crippen LogP contribution < -0.4 is 0 Å². The van der Waals surface area contributed by atoms with Gasteiger partial charge in [-0.1, -0.05) is 0 Å². The summed E-state index contributed by atoms with van der Waals surface area (Å²) in [6, 6.07) is 0.716. The summed E-state index contributed by atoms with van der Waals surface area (Å²) in [4.78, 5) is 31.6. The third-order valence-electron chi connectivity index (χ3n) is 6.10. The van der Waals surface area contributed by atoms with E-state index in [1.165, 1.54) is 6.42 Å². The summed E-state index contributed by atoms with van der Waals surface area (Å²) in [6.45, 7) is 9.31. The van der Waals surface area contributed by atoms with E-state index in [1.54, 1.807) is 0 Å². The fourth-order valence-corrected chi connectivity index (χ4v) is 4.57. The molecule has 3 rings (SSSR count). The lowest BCUT2D eigenvalue weighted by Crippen LogP contribution is -2.52. The maximum atomic E-state index is 12.7. The SMILES string of the molecule is CC1CCCC(C)N1C(=O)CN1CCC(C(=O)N2CCOCC2)CC1. The number of likely N-dealkylation sites (tertiary alicyclic amines) is 2. The van der Waals surface area contributed by atoms with E-state index in [0.717, 1.165) is 51.9 Å². The van der Waals surface area contributed by atoms with Gasteiger partial charge in [0.1, 0.15) is 0 Å². The van der Waals surface area contributed by atoms with Gasteiger partial charge in [0.05, 0.1) is 19.8 Å². The van der Waals surface area contributed by atoms with Crippen molar-refractivity contribution in [3.05, 3.63) is 0 Å². The number of nitrogens with zero attached hydrogens (tertiary/aromatic N) is 3. The number of piperidine rings is 2. The second-order valence-electron chi connectivity index (χ2n) is 7.92. The molecule has 0 aromatic carbocycles. The average Bonchev–Trinajstić information content (AvgIpc) is 2.62. The van der Waals surface area contributed by atoms with Crippen LogP contribution in [0.5, 0.6) is 0 Å². The summed E-state index contributed by atoms with van der Waals surface area (Å²) in [6.07, 6.45) is 5.20. The second-order valence-corrected chi connectivity index (χ2v) is 7.92. The molecule has 3 heterocycles. The van der Waals surface area contributed by atoms with E-state index in [-0.39, 0.29) is 17.7 Å². The molecule has 3 saturated heterocycles. The van der Waals surface area contributed by atoms with Crippen molar-refractivity contribution >= 4 is 11.8 Å². The number of amides is 2. The van der Waals surface area contributed by atoms with E-state index >= 15 is 0 Å². The second kappa shape index (κ2) is 8.49. The van der Waals surface area contributed by atoms with Crippen LogP contribution in [0.4, 0.5) is 0 Å². The van der Waals surface area contributed by atoms with Gasteiger partial charge in [0.15, 0.2) is 0 Å². The molecule has 0 saturated carbocycles. The smallest absolute Gasteiger partial charge is 0.237 e. The minimum absolute atomic E-state index is 0.122. The molecular weight excluding hydrogens is 318 g/mol. The normalized spacial score (nSPS) is 29.7. The minimum atomic E-state index is 0.122. The molecule has 25 heavy (non-hydrogen) atoms. The van der Waals surface area contributed by atoms with E-state index in [4.69, 9.17) is 4.74 Å². The molecule has 6 nitrogen and oxygen atoms in total. The van der Waals surface area contributed by atoms with Gasteiger partial charge in [0, 0.05) is 31.1 Å².